The fourth-order valence-electron chi connectivity index (χ4n) is 3.70. The molecule has 0 amide bonds. The van der Waals surface area contributed by atoms with E-state index in [1.807, 2.05) is 77.9 Å². The highest BCUT2D eigenvalue weighted by atomic mass is 16.5. The van der Waals surface area contributed by atoms with Crippen LogP contribution in [0.2, 0.25) is 0 Å². The number of carbonyl (C=O) groups is 2. The Labute approximate surface area is 210 Å². The largest absolute Gasteiger partial charge is 0.496 e. The maximum atomic E-state index is 12.1. The first-order valence-electron chi connectivity index (χ1n) is 11.9. The van der Waals surface area contributed by atoms with Crippen LogP contribution in [0.3, 0.4) is 0 Å². The molecule has 0 atom stereocenters. The van der Waals surface area contributed by atoms with Crippen molar-refractivity contribution in [2.45, 2.75) is 67.2 Å². The van der Waals surface area contributed by atoms with E-state index in [0.29, 0.717) is 19.3 Å². The molecule has 5 heteroatoms. The fraction of sp³-hybridized carbons (Fsp3) is 0.517. The molecule has 1 heterocycles. The number of hydrogen-bond donors (Lipinski definition) is 1. The summed E-state index contributed by atoms with van der Waals surface area (Å²) < 4.78 is 10.8. The zero-order valence-corrected chi connectivity index (χ0v) is 21.8. The van der Waals surface area contributed by atoms with Gasteiger partial charge >= 0.3 is 0 Å². The van der Waals surface area contributed by atoms with Crippen LogP contribution >= 0.6 is 0 Å². The second-order valence-corrected chi connectivity index (χ2v) is 10.8. The highest BCUT2D eigenvalue weighted by Gasteiger charge is 2.24. The molecule has 194 valence electrons. The molecule has 5 nitrogen and oxygen atoms in total. The van der Waals surface area contributed by atoms with Gasteiger partial charge in [-0.05, 0) is 29.7 Å². The zero-order valence-electron chi connectivity index (χ0n) is 21.8. The molecule has 0 radical (unpaired) electrons. The minimum Gasteiger partial charge on any atom is -0.496 e. The number of Topliss-reactive ketones (excluding diaryl/α,β-unsaturated/α-hetero) is 2. The summed E-state index contributed by atoms with van der Waals surface area (Å²) in [6.07, 6.45) is 2.35. The second kappa shape index (κ2) is 11.7. The Bertz CT molecular complexity index is 1010. The van der Waals surface area contributed by atoms with Gasteiger partial charge in [-0.3, -0.25) is 9.59 Å². The Kier molecular flexibility index (Phi) is 9.45. The molecule has 0 aliphatic carbocycles. The van der Waals surface area contributed by atoms with Crippen molar-refractivity contribution in [2.75, 3.05) is 20.3 Å². The minimum absolute atomic E-state index is 0. The summed E-state index contributed by atoms with van der Waals surface area (Å²) in [5.41, 5.74) is 3.63. The van der Waals surface area contributed by atoms with Crippen LogP contribution in [-0.2, 0) is 35.3 Å². The lowest BCUT2D eigenvalue weighted by molar-refractivity contribution is -0.126. The minimum atomic E-state index is -0.348. The molecule has 0 bridgehead atoms. The zero-order chi connectivity index (χ0) is 25.5. The quantitative estimate of drug-likeness (QED) is 0.519. The standard InChI is InChI=1S/C15H22O3.C14H18O2.4H2/c1-15(2,3)14(17)10-11-6-5-7-13(18-4)12(11)8-9-16;1-14(2,3)13(15)9-10-5-4-6-12-11(10)7-8-16-12;;;;/h5-7,16H,8-10H2,1-4H3;4-6H,7-9H2,1-3H3;4*1H. The van der Waals surface area contributed by atoms with Gasteiger partial charge in [-0.15, -0.1) is 0 Å². The summed E-state index contributed by atoms with van der Waals surface area (Å²) >= 11 is 0. The van der Waals surface area contributed by atoms with Gasteiger partial charge in [0.2, 0.25) is 0 Å². The molecule has 0 unspecified atom stereocenters. The van der Waals surface area contributed by atoms with E-state index in [-0.39, 0.29) is 34.7 Å². The van der Waals surface area contributed by atoms with E-state index >= 15 is 0 Å². The van der Waals surface area contributed by atoms with Crippen LogP contribution in [0.4, 0.5) is 0 Å². The van der Waals surface area contributed by atoms with Gasteiger partial charge in [0.25, 0.3) is 0 Å². The molecule has 2 aromatic carbocycles. The van der Waals surface area contributed by atoms with Crippen LogP contribution in [0.5, 0.6) is 11.5 Å². The number of rotatable bonds is 7. The van der Waals surface area contributed by atoms with Gasteiger partial charge in [0, 0.05) is 53.5 Å². The third-order valence-electron chi connectivity index (χ3n) is 6.03. The number of aliphatic hydroxyl groups excluding tert-OH is 1. The van der Waals surface area contributed by atoms with Gasteiger partial charge in [-0.1, -0.05) is 65.8 Å². The van der Waals surface area contributed by atoms with E-state index in [1.165, 1.54) is 5.56 Å². The third kappa shape index (κ3) is 7.42. The van der Waals surface area contributed by atoms with Gasteiger partial charge in [0.05, 0.1) is 13.7 Å². The molecule has 3 rings (SSSR count). The number of carbonyl (C=O) groups excluding carboxylic acids is 2. The van der Waals surface area contributed by atoms with Gasteiger partial charge in [-0.25, -0.2) is 0 Å². The predicted molar refractivity (Wildman–Crippen MR) is 144 cm³/mol. The van der Waals surface area contributed by atoms with E-state index in [0.717, 1.165) is 41.2 Å². The average molecular weight is 477 g/mol. The number of methoxy groups -OCH3 is 1. The topological polar surface area (TPSA) is 72.8 Å². The molecule has 1 aliphatic rings. The van der Waals surface area contributed by atoms with Crippen molar-refractivity contribution in [1.29, 1.82) is 0 Å². The SMILES string of the molecule is CC(C)(C)C(=O)Cc1cccc2c1CCO2.COc1cccc(CC(=O)C(C)(C)C)c1CCO.[HH].[HH].[HH].[HH]. The number of ether oxygens (including phenoxy) is 2. The lowest BCUT2D eigenvalue weighted by Gasteiger charge is -2.19. The maximum absolute atomic E-state index is 12.1. The van der Waals surface area contributed by atoms with E-state index in [9.17, 15) is 9.59 Å². The van der Waals surface area contributed by atoms with Crippen LogP contribution in [-0.4, -0.2) is 37.0 Å². The summed E-state index contributed by atoms with van der Waals surface area (Å²) in [6, 6.07) is 11.7. The van der Waals surface area contributed by atoms with Crippen molar-refractivity contribution < 1.29 is 29.9 Å². The number of ketones is 2. The van der Waals surface area contributed by atoms with Gasteiger partial charge in [0.1, 0.15) is 23.1 Å². The Morgan fingerprint density at radius 2 is 1.50 bits per heavy atom. The van der Waals surface area contributed by atoms with Crippen LogP contribution in [0.15, 0.2) is 36.4 Å². The summed E-state index contributed by atoms with van der Waals surface area (Å²) in [4.78, 5) is 24.1. The normalized spacial score (nSPS) is 12.8. The monoisotopic (exact) mass is 476 g/mol. The molecule has 34 heavy (non-hydrogen) atoms. The van der Waals surface area contributed by atoms with E-state index in [2.05, 4.69) is 0 Å². The van der Waals surface area contributed by atoms with Crippen molar-refractivity contribution >= 4 is 11.6 Å². The van der Waals surface area contributed by atoms with Gasteiger partial charge in [0.15, 0.2) is 0 Å². The smallest absolute Gasteiger partial charge is 0.142 e. The molecule has 1 N–H and O–H groups in total. The van der Waals surface area contributed by atoms with E-state index in [1.54, 1.807) is 7.11 Å². The number of hydrogen-bond acceptors (Lipinski definition) is 5. The highest BCUT2D eigenvalue weighted by Crippen LogP contribution is 2.30. The van der Waals surface area contributed by atoms with Crippen LogP contribution in [0.25, 0.3) is 0 Å². The van der Waals surface area contributed by atoms with Gasteiger partial charge < -0.3 is 14.6 Å². The van der Waals surface area contributed by atoms with Crippen molar-refractivity contribution in [3.8, 4) is 11.5 Å². The van der Waals surface area contributed by atoms with Crippen molar-refractivity contribution in [1.82, 2.24) is 0 Å². The fourth-order valence-corrected chi connectivity index (χ4v) is 3.70. The molecule has 0 saturated heterocycles. The number of benzene rings is 2. The molecule has 0 spiro atoms. The van der Waals surface area contributed by atoms with Crippen molar-refractivity contribution in [3.63, 3.8) is 0 Å². The molecule has 1 aliphatic heterocycles. The molecule has 0 saturated carbocycles. The Hall–Kier alpha value is -2.66. The summed E-state index contributed by atoms with van der Waals surface area (Å²) in [5, 5.41) is 9.12. The molecular formula is C29H48O5. The molecule has 0 aromatic heterocycles. The Morgan fingerprint density at radius 1 is 0.941 bits per heavy atom. The number of fused-ring (bicyclic) bond motifs is 1. The maximum Gasteiger partial charge on any atom is 0.142 e. The third-order valence-corrected chi connectivity index (χ3v) is 6.03. The first kappa shape index (κ1) is 27.6. The summed E-state index contributed by atoms with van der Waals surface area (Å²) in [7, 11) is 1.60. The molecular weight excluding hydrogens is 428 g/mol. The predicted octanol–water partition coefficient (Wildman–Crippen LogP) is 6.15. The van der Waals surface area contributed by atoms with E-state index < -0.39 is 0 Å². The van der Waals surface area contributed by atoms with Crippen LogP contribution in [0, 0.1) is 10.8 Å². The molecule has 0 fully saturated rings. The Balaban J connectivity index is -0.000000585. The van der Waals surface area contributed by atoms with Crippen molar-refractivity contribution in [3.05, 3.63) is 58.7 Å². The summed E-state index contributed by atoms with van der Waals surface area (Å²) in [5.74, 6) is 2.17. The average Bonchev–Trinajstić information content (AvgIpc) is 3.24. The highest BCUT2D eigenvalue weighted by molar-refractivity contribution is 5.86. The lowest BCUT2D eigenvalue weighted by Crippen LogP contribution is -2.22. The summed E-state index contributed by atoms with van der Waals surface area (Å²) in [6.45, 7) is 12.5. The first-order chi connectivity index (χ1) is 15.9. The first-order valence-corrected chi connectivity index (χ1v) is 11.9. The van der Waals surface area contributed by atoms with E-state index in [4.69, 9.17) is 14.6 Å². The molecule has 2 aromatic rings. The van der Waals surface area contributed by atoms with Gasteiger partial charge in [-0.2, -0.15) is 0 Å². The van der Waals surface area contributed by atoms with Crippen molar-refractivity contribution in [2.24, 2.45) is 10.8 Å². The number of aliphatic hydroxyl groups is 1. The second-order valence-electron chi connectivity index (χ2n) is 10.8. The lowest BCUT2D eigenvalue weighted by atomic mass is 9.85. The van der Waals surface area contributed by atoms with Crippen LogP contribution in [0.1, 0.15) is 69.5 Å². The van der Waals surface area contributed by atoms with Crippen LogP contribution < -0.4 is 9.47 Å². The Morgan fingerprint density at radius 3 is 2.06 bits per heavy atom.